The molecule has 0 fully saturated rings. The van der Waals surface area contributed by atoms with Crippen LogP contribution in [0.5, 0.6) is 11.5 Å². The Morgan fingerprint density at radius 2 is 1.18 bits per heavy atom. The van der Waals surface area contributed by atoms with Gasteiger partial charge in [-0.1, -0.05) is 0 Å². The van der Waals surface area contributed by atoms with Gasteiger partial charge < -0.3 is 0 Å². The van der Waals surface area contributed by atoms with E-state index in [1.54, 1.807) is 0 Å². The van der Waals surface area contributed by atoms with Crippen LogP contribution in [0.4, 0.5) is 0 Å². The summed E-state index contributed by atoms with van der Waals surface area (Å²) in [5.74, 6) is 1.94. The molecule has 0 atom stereocenters. The van der Waals surface area contributed by atoms with Crippen LogP contribution in [0.1, 0.15) is 33.1 Å². The van der Waals surface area contributed by atoms with Crippen LogP contribution >= 0.6 is 0 Å². The summed E-state index contributed by atoms with van der Waals surface area (Å²) < 4.78 is 14.1. The molecule has 22 heavy (non-hydrogen) atoms. The molecule has 0 aliphatic carbocycles. The van der Waals surface area contributed by atoms with E-state index in [2.05, 4.69) is 62.4 Å². The second kappa shape index (κ2) is 9.72. The molecule has 0 spiro atoms. The van der Waals surface area contributed by atoms with Gasteiger partial charge in [0.1, 0.15) is 0 Å². The third kappa shape index (κ3) is 5.87. The molecule has 0 aliphatic rings. The molecule has 0 aromatic heterocycles. The Balaban J connectivity index is 1.87. The van der Waals surface area contributed by atoms with Crippen molar-refractivity contribution in [3.05, 3.63) is 55.7 Å². The molecule has 0 saturated heterocycles. The second-order valence-corrected chi connectivity index (χ2v) is 8.08. The topological polar surface area (TPSA) is 18.5 Å². The summed E-state index contributed by atoms with van der Waals surface area (Å²) in [5.41, 5.74) is 0. The quantitative estimate of drug-likeness (QED) is 0.463. The third-order valence-electron chi connectivity index (χ3n) is 3.08. The minimum absolute atomic E-state index is 0.138. The minimum atomic E-state index is -0.138. The van der Waals surface area contributed by atoms with E-state index in [0.29, 0.717) is 0 Å². The predicted molar refractivity (Wildman–Crippen MR) is 86.5 cm³/mol. The van der Waals surface area contributed by atoms with E-state index in [0.717, 1.165) is 37.6 Å². The molecule has 0 radical (unpaired) electrons. The van der Waals surface area contributed by atoms with Gasteiger partial charge in [-0.05, 0) is 0 Å². The number of hydrogen-bond donors (Lipinski definition) is 0. The van der Waals surface area contributed by atoms with Gasteiger partial charge in [-0.3, -0.25) is 0 Å². The average molecular weight is 411 g/mol. The number of hydrogen-bond acceptors (Lipinski definition) is 2. The first-order valence-electron chi connectivity index (χ1n) is 7.92. The van der Waals surface area contributed by atoms with E-state index in [1.165, 1.54) is 13.6 Å². The van der Waals surface area contributed by atoms with Crippen molar-refractivity contribution in [2.75, 3.05) is 13.2 Å². The van der Waals surface area contributed by atoms with Crippen LogP contribution in [0.15, 0.2) is 48.5 Å². The molecule has 2 aromatic rings. The van der Waals surface area contributed by atoms with Crippen molar-refractivity contribution in [1.82, 2.24) is 0 Å². The van der Waals surface area contributed by atoms with E-state index in [-0.39, 0.29) is 21.2 Å². The van der Waals surface area contributed by atoms with E-state index in [9.17, 15) is 0 Å². The fourth-order valence-corrected chi connectivity index (χ4v) is 4.03. The van der Waals surface area contributed by atoms with Crippen molar-refractivity contribution in [1.29, 1.82) is 0 Å². The van der Waals surface area contributed by atoms with Gasteiger partial charge in [-0.2, -0.15) is 0 Å². The zero-order chi connectivity index (χ0) is 15.6. The van der Waals surface area contributed by atoms with Crippen molar-refractivity contribution in [2.24, 2.45) is 0 Å². The van der Waals surface area contributed by atoms with Crippen LogP contribution in [-0.2, 0) is 0 Å². The van der Waals surface area contributed by atoms with Gasteiger partial charge in [0.15, 0.2) is 0 Å². The van der Waals surface area contributed by atoms with Crippen LogP contribution in [0, 0.1) is 7.14 Å². The molecule has 0 N–H and O–H groups in total. The number of benzene rings is 2. The average Bonchev–Trinajstić information content (AvgIpc) is 2.56. The van der Waals surface area contributed by atoms with Crippen LogP contribution in [0.2, 0.25) is 0 Å². The molecular formula is C19H24IO2-. The van der Waals surface area contributed by atoms with Gasteiger partial charge in [0.05, 0.1) is 0 Å². The van der Waals surface area contributed by atoms with Gasteiger partial charge in [0, 0.05) is 0 Å². The van der Waals surface area contributed by atoms with Crippen LogP contribution in [0.25, 0.3) is 0 Å². The van der Waals surface area contributed by atoms with Gasteiger partial charge in [-0.15, -0.1) is 0 Å². The van der Waals surface area contributed by atoms with Gasteiger partial charge in [-0.25, -0.2) is 0 Å². The van der Waals surface area contributed by atoms with Crippen molar-refractivity contribution in [3.63, 3.8) is 0 Å². The zero-order valence-corrected chi connectivity index (χ0v) is 15.5. The molecule has 0 amide bonds. The van der Waals surface area contributed by atoms with Crippen LogP contribution in [0.3, 0.4) is 0 Å². The molecule has 2 nitrogen and oxygen atoms in total. The molecule has 0 bridgehead atoms. The van der Waals surface area contributed by atoms with Crippen LogP contribution in [-0.4, -0.2) is 13.2 Å². The van der Waals surface area contributed by atoms with Crippen molar-refractivity contribution < 1.29 is 30.7 Å². The standard InChI is InChI=1S/C19H24IO2/c1-3-5-15-22-19-12-8-17(9-13-19)20-16-6-10-18(11-7-16)21-14-4-2/h6-13H,3-5,14-15H2,1-2H3/q-1. The SMILES string of the molecule is CCCCOc1ccc([I-]c2ccc(OCCC)cc2)cc1. The Bertz CT molecular complexity index is 534. The monoisotopic (exact) mass is 411 g/mol. The normalized spacial score (nSPS) is 10.6. The molecular weight excluding hydrogens is 387 g/mol. The molecule has 0 aliphatic heterocycles. The van der Waals surface area contributed by atoms with Gasteiger partial charge >= 0.3 is 144 Å². The Morgan fingerprint density at radius 3 is 1.64 bits per heavy atom. The van der Waals surface area contributed by atoms with E-state index >= 15 is 0 Å². The molecule has 2 aromatic carbocycles. The molecule has 0 saturated carbocycles. The summed E-state index contributed by atoms with van der Waals surface area (Å²) in [4.78, 5) is 0. The number of rotatable bonds is 9. The Labute approximate surface area is 144 Å². The van der Waals surface area contributed by atoms with Gasteiger partial charge in [0.25, 0.3) is 0 Å². The third-order valence-corrected chi connectivity index (χ3v) is 5.77. The van der Waals surface area contributed by atoms with E-state index < -0.39 is 0 Å². The Kier molecular flexibility index (Phi) is 7.57. The fraction of sp³-hybridized carbons (Fsp3) is 0.368. The molecule has 0 heterocycles. The summed E-state index contributed by atoms with van der Waals surface area (Å²) in [6.45, 7) is 5.89. The summed E-state index contributed by atoms with van der Waals surface area (Å²) in [6.07, 6.45) is 3.32. The maximum absolute atomic E-state index is 5.70. The molecule has 120 valence electrons. The van der Waals surface area contributed by atoms with Crippen molar-refractivity contribution >= 4 is 0 Å². The first kappa shape index (κ1) is 17.1. The summed E-state index contributed by atoms with van der Waals surface area (Å²) in [5, 5.41) is 0. The van der Waals surface area contributed by atoms with Crippen molar-refractivity contribution in [3.8, 4) is 11.5 Å². The first-order chi connectivity index (χ1) is 10.8. The van der Waals surface area contributed by atoms with Crippen molar-refractivity contribution in [2.45, 2.75) is 33.1 Å². The van der Waals surface area contributed by atoms with E-state index in [1.807, 2.05) is 0 Å². The zero-order valence-electron chi connectivity index (χ0n) is 13.3. The summed E-state index contributed by atoms with van der Waals surface area (Å²) >= 11 is -0.138. The Hall–Kier alpha value is -1.23. The van der Waals surface area contributed by atoms with Crippen LogP contribution < -0.4 is 30.7 Å². The number of ether oxygens (including phenoxy) is 2. The summed E-state index contributed by atoms with van der Waals surface area (Å²) in [6, 6.07) is 17.1. The maximum atomic E-state index is 5.70. The van der Waals surface area contributed by atoms with E-state index in [4.69, 9.17) is 9.47 Å². The molecule has 0 unspecified atom stereocenters. The second-order valence-electron chi connectivity index (χ2n) is 5.05. The number of unbranched alkanes of at least 4 members (excludes halogenated alkanes) is 1. The molecule has 3 heteroatoms. The summed E-state index contributed by atoms with van der Waals surface area (Å²) in [7, 11) is 0. The fourth-order valence-electron chi connectivity index (χ4n) is 1.87. The van der Waals surface area contributed by atoms with Gasteiger partial charge in [0.2, 0.25) is 0 Å². The predicted octanol–water partition coefficient (Wildman–Crippen LogP) is 1.78. The number of halogens is 1. The first-order valence-corrected chi connectivity index (χ1v) is 10.1. The Morgan fingerprint density at radius 1 is 0.682 bits per heavy atom. The molecule has 2 rings (SSSR count).